The van der Waals surface area contributed by atoms with Gasteiger partial charge in [0.15, 0.2) is 0 Å². The largest absolute Gasteiger partial charge is 0.494 e. The van der Waals surface area contributed by atoms with Crippen LogP contribution >= 0.6 is 34.4 Å². The first-order valence-corrected chi connectivity index (χ1v) is 8.26. The van der Waals surface area contributed by atoms with Crippen molar-refractivity contribution in [3.8, 4) is 5.75 Å². The van der Waals surface area contributed by atoms with Crippen LogP contribution in [0.1, 0.15) is 6.42 Å². The smallest absolute Gasteiger partial charge is 0.119 e. The van der Waals surface area contributed by atoms with E-state index in [-0.39, 0.29) is 0 Å². The maximum atomic E-state index is 5.72. The highest BCUT2D eigenvalue weighted by molar-refractivity contribution is 14.1. The van der Waals surface area contributed by atoms with Crippen molar-refractivity contribution < 1.29 is 4.74 Å². The van der Waals surface area contributed by atoms with Crippen LogP contribution < -0.4 is 4.74 Å². The molecule has 0 spiro atoms. The van der Waals surface area contributed by atoms with Gasteiger partial charge in [0.25, 0.3) is 0 Å². The zero-order valence-electron chi connectivity index (χ0n) is 9.90. The van der Waals surface area contributed by atoms with Gasteiger partial charge in [0.2, 0.25) is 0 Å². The summed E-state index contributed by atoms with van der Waals surface area (Å²) < 4.78 is 6.97. The first kappa shape index (κ1) is 13.5. The quantitative estimate of drug-likeness (QED) is 0.589. The van der Waals surface area contributed by atoms with E-state index in [4.69, 9.17) is 4.74 Å². The highest BCUT2D eigenvalue weighted by Gasteiger charge is 2.09. The lowest BCUT2D eigenvalue weighted by atomic mass is 10.3. The molecule has 94 valence electrons. The summed E-state index contributed by atoms with van der Waals surface area (Å²) in [6.45, 7) is 4.48. The maximum absolute atomic E-state index is 5.72. The number of ether oxygens (including phenoxy) is 1. The zero-order chi connectivity index (χ0) is 11.9. The van der Waals surface area contributed by atoms with E-state index in [0.29, 0.717) is 0 Å². The van der Waals surface area contributed by atoms with Gasteiger partial charge in [-0.25, -0.2) is 0 Å². The van der Waals surface area contributed by atoms with Crippen molar-refractivity contribution in [3.05, 3.63) is 27.8 Å². The summed E-state index contributed by atoms with van der Waals surface area (Å²) in [6.07, 6.45) is 1.12. The van der Waals surface area contributed by atoms with Gasteiger partial charge in [-0.3, -0.25) is 0 Å². The molecule has 1 aliphatic rings. The average Bonchev–Trinajstić information content (AvgIpc) is 2.38. The van der Waals surface area contributed by atoms with E-state index in [1.54, 1.807) is 0 Å². The van der Waals surface area contributed by atoms with E-state index in [1.807, 2.05) is 12.1 Å². The average molecular weight is 363 g/mol. The molecule has 1 aliphatic heterocycles. The van der Waals surface area contributed by atoms with Crippen LogP contribution in [0.2, 0.25) is 0 Å². The summed E-state index contributed by atoms with van der Waals surface area (Å²) in [4.78, 5) is 2.54. The third kappa shape index (κ3) is 5.06. The SMILES string of the molecule is Ic1ccc(OCCCN2CCSCC2)cc1. The molecular formula is C13H18INOS. The lowest BCUT2D eigenvalue weighted by Gasteiger charge is -2.25. The van der Waals surface area contributed by atoms with Gasteiger partial charge in [-0.2, -0.15) is 11.8 Å². The van der Waals surface area contributed by atoms with Crippen LogP contribution in [0.4, 0.5) is 0 Å². The zero-order valence-corrected chi connectivity index (χ0v) is 12.9. The Labute approximate surface area is 121 Å². The second-order valence-electron chi connectivity index (χ2n) is 4.11. The van der Waals surface area contributed by atoms with E-state index < -0.39 is 0 Å². The molecule has 0 atom stereocenters. The predicted octanol–water partition coefficient (Wildman–Crippen LogP) is 3.11. The van der Waals surface area contributed by atoms with E-state index in [2.05, 4.69) is 51.4 Å². The fourth-order valence-corrected chi connectivity index (χ4v) is 3.17. The molecule has 1 heterocycles. The Morgan fingerprint density at radius 2 is 1.88 bits per heavy atom. The topological polar surface area (TPSA) is 12.5 Å². The van der Waals surface area contributed by atoms with Gasteiger partial charge in [-0.1, -0.05) is 0 Å². The molecule has 0 saturated carbocycles. The van der Waals surface area contributed by atoms with Crippen molar-refractivity contribution in [3.63, 3.8) is 0 Å². The lowest BCUT2D eigenvalue weighted by Crippen LogP contribution is -2.33. The van der Waals surface area contributed by atoms with Crippen molar-refractivity contribution >= 4 is 34.4 Å². The third-order valence-electron chi connectivity index (χ3n) is 2.80. The van der Waals surface area contributed by atoms with Crippen LogP contribution in [0.5, 0.6) is 5.75 Å². The van der Waals surface area contributed by atoms with Crippen LogP contribution in [0, 0.1) is 3.57 Å². The molecule has 0 N–H and O–H groups in total. The Balaban J connectivity index is 1.60. The third-order valence-corrected chi connectivity index (χ3v) is 4.47. The number of hydrogen-bond acceptors (Lipinski definition) is 3. The van der Waals surface area contributed by atoms with E-state index >= 15 is 0 Å². The van der Waals surface area contributed by atoms with Gasteiger partial charge in [0, 0.05) is 34.7 Å². The summed E-state index contributed by atoms with van der Waals surface area (Å²) in [6, 6.07) is 8.24. The molecule has 1 aromatic rings. The lowest BCUT2D eigenvalue weighted by molar-refractivity contribution is 0.248. The van der Waals surface area contributed by atoms with Crippen molar-refractivity contribution in [2.75, 3.05) is 37.7 Å². The molecule has 0 amide bonds. The molecule has 2 rings (SSSR count). The van der Waals surface area contributed by atoms with Crippen LogP contribution in [0.25, 0.3) is 0 Å². The van der Waals surface area contributed by atoms with Gasteiger partial charge in [0.1, 0.15) is 5.75 Å². The van der Waals surface area contributed by atoms with Gasteiger partial charge in [-0.05, 0) is 53.3 Å². The second-order valence-corrected chi connectivity index (χ2v) is 6.58. The molecule has 0 aromatic heterocycles. The molecule has 2 nitrogen and oxygen atoms in total. The highest BCUT2D eigenvalue weighted by Crippen LogP contribution is 2.14. The second kappa shape index (κ2) is 7.48. The Morgan fingerprint density at radius 1 is 1.18 bits per heavy atom. The molecule has 17 heavy (non-hydrogen) atoms. The summed E-state index contributed by atoms with van der Waals surface area (Å²) in [5.41, 5.74) is 0. The van der Waals surface area contributed by atoms with Crippen molar-refractivity contribution in [2.24, 2.45) is 0 Å². The molecule has 1 aromatic carbocycles. The molecule has 0 unspecified atom stereocenters. The van der Waals surface area contributed by atoms with E-state index in [1.165, 1.54) is 34.7 Å². The van der Waals surface area contributed by atoms with Gasteiger partial charge in [-0.15, -0.1) is 0 Å². The first-order chi connectivity index (χ1) is 8.34. The van der Waals surface area contributed by atoms with Crippen LogP contribution in [0.3, 0.4) is 0 Å². The van der Waals surface area contributed by atoms with Gasteiger partial charge >= 0.3 is 0 Å². The minimum absolute atomic E-state index is 0.824. The molecule has 1 fully saturated rings. The van der Waals surface area contributed by atoms with Crippen molar-refractivity contribution in [1.82, 2.24) is 4.90 Å². The normalized spacial score (nSPS) is 17.0. The summed E-state index contributed by atoms with van der Waals surface area (Å²) in [5.74, 6) is 3.57. The Hall–Kier alpha value is 0.0600. The number of thioether (sulfide) groups is 1. The highest BCUT2D eigenvalue weighted by atomic mass is 127. The molecule has 1 saturated heterocycles. The van der Waals surface area contributed by atoms with Crippen LogP contribution in [-0.4, -0.2) is 42.6 Å². The van der Waals surface area contributed by atoms with E-state index in [9.17, 15) is 0 Å². The van der Waals surface area contributed by atoms with Crippen molar-refractivity contribution in [2.45, 2.75) is 6.42 Å². The summed E-state index contributed by atoms with van der Waals surface area (Å²) >= 11 is 4.37. The fourth-order valence-electron chi connectivity index (χ4n) is 1.83. The molecule has 0 radical (unpaired) electrons. The number of halogens is 1. The predicted molar refractivity (Wildman–Crippen MR) is 83.0 cm³/mol. The fraction of sp³-hybridized carbons (Fsp3) is 0.538. The molecular weight excluding hydrogens is 345 g/mol. The number of rotatable bonds is 5. The van der Waals surface area contributed by atoms with Gasteiger partial charge in [0.05, 0.1) is 6.61 Å². The minimum atomic E-state index is 0.824. The first-order valence-electron chi connectivity index (χ1n) is 6.03. The minimum Gasteiger partial charge on any atom is -0.494 e. The number of hydrogen-bond donors (Lipinski definition) is 0. The molecule has 4 heteroatoms. The van der Waals surface area contributed by atoms with Crippen LogP contribution in [0.15, 0.2) is 24.3 Å². The summed E-state index contributed by atoms with van der Waals surface area (Å²) in [7, 11) is 0. The Kier molecular flexibility index (Phi) is 5.94. The Bertz CT molecular complexity index is 325. The summed E-state index contributed by atoms with van der Waals surface area (Å²) in [5, 5.41) is 0. The van der Waals surface area contributed by atoms with Crippen LogP contribution in [-0.2, 0) is 0 Å². The Morgan fingerprint density at radius 3 is 2.59 bits per heavy atom. The number of nitrogens with zero attached hydrogens (tertiary/aromatic N) is 1. The monoisotopic (exact) mass is 363 g/mol. The molecule has 0 bridgehead atoms. The number of benzene rings is 1. The maximum Gasteiger partial charge on any atom is 0.119 e. The van der Waals surface area contributed by atoms with Crippen molar-refractivity contribution in [1.29, 1.82) is 0 Å². The van der Waals surface area contributed by atoms with E-state index in [0.717, 1.165) is 18.8 Å². The standard InChI is InChI=1S/C13H18INOS/c14-12-2-4-13(5-3-12)16-9-1-6-15-7-10-17-11-8-15/h2-5H,1,6-11H2. The van der Waals surface area contributed by atoms with Gasteiger partial charge < -0.3 is 9.64 Å². The molecule has 0 aliphatic carbocycles.